The Morgan fingerprint density at radius 1 is 1.29 bits per heavy atom. The highest BCUT2D eigenvalue weighted by Crippen LogP contribution is 2.26. The van der Waals surface area contributed by atoms with Gasteiger partial charge in [0.25, 0.3) is 0 Å². The van der Waals surface area contributed by atoms with E-state index in [4.69, 9.17) is 0 Å². The van der Waals surface area contributed by atoms with E-state index in [1.807, 2.05) is 13.0 Å². The van der Waals surface area contributed by atoms with Crippen molar-refractivity contribution in [2.75, 3.05) is 6.54 Å². The van der Waals surface area contributed by atoms with Crippen LogP contribution in [-0.2, 0) is 6.54 Å². The summed E-state index contributed by atoms with van der Waals surface area (Å²) in [6.07, 6.45) is 6.90. The molecule has 1 saturated carbocycles. The van der Waals surface area contributed by atoms with Crippen LogP contribution in [0.2, 0.25) is 0 Å². The molecular weight excluding hydrogens is 213 g/mol. The van der Waals surface area contributed by atoms with Gasteiger partial charge in [0.05, 0.1) is 0 Å². The summed E-state index contributed by atoms with van der Waals surface area (Å²) < 4.78 is 13.1. The fourth-order valence-electron chi connectivity index (χ4n) is 2.66. The Bertz CT molecular complexity index is 356. The normalized spacial score (nSPS) is 16.6. The molecule has 0 bridgehead atoms. The third-order valence-electron chi connectivity index (χ3n) is 3.83. The SMILES string of the molecule is Cc1ccc(F)cc1CNCCC1CCCC1. The van der Waals surface area contributed by atoms with Crippen molar-refractivity contribution in [1.82, 2.24) is 5.32 Å². The molecule has 1 aliphatic rings. The molecule has 1 nitrogen and oxygen atoms in total. The van der Waals surface area contributed by atoms with Crippen molar-refractivity contribution >= 4 is 0 Å². The second-order valence-electron chi connectivity index (χ2n) is 5.19. The first-order valence-electron chi connectivity index (χ1n) is 6.71. The molecule has 0 unspecified atom stereocenters. The number of benzene rings is 1. The molecule has 0 radical (unpaired) electrons. The highest BCUT2D eigenvalue weighted by atomic mass is 19.1. The summed E-state index contributed by atoms with van der Waals surface area (Å²) in [6, 6.07) is 5.01. The Kier molecular flexibility index (Phi) is 4.55. The van der Waals surface area contributed by atoms with Gasteiger partial charge in [0.15, 0.2) is 0 Å². The predicted octanol–water partition coefficient (Wildman–Crippen LogP) is 3.80. The van der Waals surface area contributed by atoms with Crippen LogP contribution in [0.25, 0.3) is 0 Å². The van der Waals surface area contributed by atoms with Gasteiger partial charge < -0.3 is 5.32 Å². The summed E-state index contributed by atoms with van der Waals surface area (Å²) in [6.45, 7) is 3.88. The van der Waals surface area contributed by atoms with Gasteiger partial charge in [0.2, 0.25) is 0 Å². The van der Waals surface area contributed by atoms with Gasteiger partial charge in [0.1, 0.15) is 5.82 Å². The van der Waals surface area contributed by atoms with Crippen LogP contribution < -0.4 is 5.32 Å². The van der Waals surface area contributed by atoms with Gasteiger partial charge in [0, 0.05) is 6.54 Å². The average Bonchev–Trinajstić information content (AvgIpc) is 2.82. The highest BCUT2D eigenvalue weighted by Gasteiger charge is 2.13. The molecule has 0 atom stereocenters. The third-order valence-corrected chi connectivity index (χ3v) is 3.83. The van der Waals surface area contributed by atoms with Crippen LogP contribution in [0.1, 0.15) is 43.2 Å². The summed E-state index contributed by atoms with van der Waals surface area (Å²) in [4.78, 5) is 0. The second kappa shape index (κ2) is 6.15. The molecule has 1 N–H and O–H groups in total. The first-order chi connectivity index (χ1) is 8.25. The molecule has 1 fully saturated rings. The Balaban J connectivity index is 1.72. The lowest BCUT2D eigenvalue weighted by Crippen LogP contribution is -2.17. The fourth-order valence-corrected chi connectivity index (χ4v) is 2.66. The van der Waals surface area contributed by atoms with E-state index in [0.717, 1.165) is 24.6 Å². The zero-order valence-corrected chi connectivity index (χ0v) is 10.6. The summed E-state index contributed by atoms with van der Waals surface area (Å²) in [7, 11) is 0. The lowest BCUT2D eigenvalue weighted by molar-refractivity contribution is 0.477. The van der Waals surface area contributed by atoms with Crippen LogP contribution in [0.15, 0.2) is 18.2 Å². The third kappa shape index (κ3) is 3.81. The molecule has 0 amide bonds. The molecule has 1 aromatic carbocycles. The van der Waals surface area contributed by atoms with Gasteiger partial charge in [-0.3, -0.25) is 0 Å². The lowest BCUT2D eigenvalue weighted by Gasteiger charge is -2.11. The minimum absolute atomic E-state index is 0.136. The molecule has 2 heteroatoms. The van der Waals surface area contributed by atoms with Gasteiger partial charge in [-0.05, 0) is 49.1 Å². The maximum Gasteiger partial charge on any atom is 0.123 e. The largest absolute Gasteiger partial charge is 0.313 e. The van der Waals surface area contributed by atoms with E-state index in [0.29, 0.717) is 0 Å². The number of hydrogen-bond acceptors (Lipinski definition) is 1. The van der Waals surface area contributed by atoms with Crippen LogP contribution >= 0.6 is 0 Å². The van der Waals surface area contributed by atoms with Gasteiger partial charge >= 0.3 is 0 Å². The van der Waals surface area contributed by atoms with Gasteiger partial charge in [-0.15, -0.1) is 0 Å². The van der Waals surface area contributed by atoms with E-state index in [1.54, 1.807) is 6.07 Å². The maximum absolute atomic E-state index is 13.1. The van der Waals surface area contributed by atoms with Gasteiger partial charge in [-0.25, -0.2) is 4.39 Å². The van der Waals surface area contributed by atoms with Crippen molar-refractivity contribution in [3.8, 4) is 0 Å². The molecule has 1 aliphatic carbocycles. The fraction of sp³-hybridized carbons (Fsp3) is 0.600. The first kappa shape index (κ1) is 12.6. The van der Waals surface area contributed by atoms with Crippen LogP contribution in [-0.4, -0.2) is 6.54 Å². The zero-order chi connectivity index (χ0) is 12.1. The van der Waals surface area contributed by atoms with Crippen LogP contribution in [0.5, 0.6) is 0 Å². The first-order valence-corrected chi connectivity index (χ1v) is 6.71. The molecule has 0 heterocycles. The summed E-state index contributed by atoms with van der Waals surface area (Å²) in [5.41, 5.74) is 2.25. The van der Waals surface area contributed by atoms with E-state index >= 15 is 0 Å². The van der Waals surface area contributed by atoms with Crippen molar-refractivity contribution in [3.05, 3.63) is 35.1 Å². The summed E-state index contributed by atoms with van der Waals surface area (Å²) in [5, 5.41) is 3.43. The standard InChI is InChI=1S/C15H22FN/c1-12-6-7-15(16)10-14(12)11-17-9-8-13-4-2-3-5-13/h6-7,10,13,17H,2-5,8-9,11H2,1H3. The Labute approximate surface area is 103 Å². The Hall–Kier alpha value is -0.890. The Morgan fingerprint density at radius 3 is 2.82 bits per heavy atom. The topological polar surface area (TPSA) is 12.0 Å². The quantitative estimate of drug-likeness (QED) is 0.765. The van der Waals surface area contributed by atoms with E-state index < -0.39 is 0 Å². The average molecular weight is 235 g/mol. The number of hydrogen-bond donors (Lipinski definition) is 1. The smallest absolute Gasteiger partial charge is 0.123 e. The minimum Gasteiger partial charge on any atom is -0.313 e. The predicted molar refractivity (Wildman–Crippen MR) is 69.4 cm³/mol. The van der Waals surface area contributed by atoms with E-state index in [1.165, 1.54) is 43.7 Å². The summed E-state index contributed by atoms with van der Waals surface area (Å²) in [5.74, 6) is 0.791. The Morgan fingerprint density at radius 2 is 2.06 bits per heavy atom. The molecule has 0 aromatic heterocycles. The molecule has 0 spiro atoms. The van der Waals surface area contributed by atoms with Crippen molar-refractivity contribution in [2.45, 2.75) is 45.6 Å². The van der Waals surface area contributed by atoms with Crippen LogP contribution in [0.4, 0.5) is 4.39 Å². The second-order valence-corrected chi connectivity index (χ2v) is 5.19. The number of rotatable bonds is 5. The molecule has 17 heavy (non-hydrogen) atoms. The number of aryl methyl sites for hydroxylation is 1. The monoisotopic (exact) mass is 235 g/mol. The van der Waals surface area contributed by atoms with Gasteiger partial charge in [-0.2, -0.15) is 0 Å². The van der Waals surface area contributed by atoms with Crippen LogP contribution in [0, 0.1) is 18.7 Å². The molecule has 2 rings (SSSR count). The minimum atomic E-state index is -0.136. The van der Waals surface area contributed by atoms with Crippen molar-refractivity contribution in [1.29, 1.82) is 0 Å². The molecule has 94 valence electrons. The van der Waals surface area contributed by atoms with E-state index in [2.05, 4.69) is 5.32 Å². The number of halogens is 1. The van der Waals surface area contributed by atoms with Gasteiger partial charge in [-0.1, -0.05) is 31.7 Å². The highest BCUT2D eigenvalue weighted by molar-refractivity contribution is 5.26. The van der Waals surface area contributed by atoms with Crippen molar-refractivity contribution in [3.63, 3.8) is 0 Å². The maximum atomic E-state index is 13.1. The lowest BCUT2D eigenvalue weighted by atomic mass is 10.0. The van der Waals surface area contributed by atoms with Crippen LogP contribution in [0.3, 0.4) is 0 Å². The zero-order valence-electron chi connectivity index (χ0n) is 10.6. The molecule has 1 aromatic rings. The molecule has 0 aliphatic heterocycles. The molecule has 0 saturated heterocycles. The number of nitrogens with one attached hydrogen (secondary N) is 1. The molecular formula is C15H22FN. The van der Waals surface area contributed by atoms with Crippen molar-refractivity contribution in [2.24, 2.45) is 5.92 Å². The van der Waals surface area contributed by atoms with Crippen molar-refractivity contribution < 1.29 is 4.39 Å². The summed E-state index contributed by atoms with van der Waals surface area (Å²) >= 11 is 0. The van der Waals surface area contributed by atoms with E-state index in [9.17, 15) is 4.39 Å². The van der Waals surface area contributed by atoms with E-state index in [-0.39, 0.29) is 5.82 Å².